The van der Waals surface area contributed by atoms with E-state index in [0.717, 1.165) is 11.1 Å². The van der Waals surface area contributed by atoms with Crippen LogP contribution in [-0.2, 0) is 32.1 Å². The number of aliphatic hydroxyl groups excluding tert-OH is 1. The number of carbonyl (C=O) groups is 4. The minimum Gasteiger partial charge on any atom is -0.445 e. The third-order valence-corrected chi connectivity index (χ3v) is 7.79. The average molecular weight is 688 g/mol. The lowest BCUT2D eigenvalue weighted by Crippen LogP contribution is -2.56. The third-order valence-electron chi connectivity index (χ3n) is 7.54. The number of ether oxygens (including phenoxy) is 1. The van der Waals surface area contributed by atoms with Crippen molar-refractivity contribution in [1.29, 1.82) is 0 Å². The molecule has 0 radical (unpaired) electrons. The zero-order valence-corrected chi connectivity index (χ0v) is 28.9. The molecule has 2 aromatic rings. The number of nitrogens with two attached hydrogens (primary N) is 2. The van der Waals surface area contributed by atoms with Gasteiger partial charge >= 0.3 is 6.09 Å². The predicted octanol–water partition coefficient (Wildman–Crippen LogP) is 2.48. The van der Waals surface area contributed by atoms with E-state index in [0.29, 0.717) is 30.8 Å². The van der Waals surface area contributed by atoms with Gasteiger partial charge in [0.2, 0.25) is 17.7 Å². The summed E-state index contributed by atoms with van der Waals surface area (Å²) in [6, 6.07) is 13.6. The van der Waals surface area contributed by atoms with E-state index >= 15 is 0 Å². The lowest BCUT2D eigenvalue weighted by Gasteiger charge is -2.35. The molecule has 0 saturated heterocycles. The molecule has 264 valence electrons. The van der Waals surface area contributed by atoms with E-state index in [2.05, 4.69) is 20.9 Å². The first-order valence-corrected chi connectivity index (χ1v) is 16.4. The van der Waals surface area contributed by atoms with Crippen LogP contribution in [-0.4, -0.2) is 84.1 Å². The number of amides is 4. The zero-order valence-electron chi connectivity index (χ0n) is 28.2. The largest absolute Gasteiger partial charge is 0.445 e. The summed E-state index contributed by atoms with van der Waals surface area (Å²) in [5, 5.41) is 19.8. The van der Waals surface area contributed by atoms with Gasteiger partial charge < -0.3 is 42.2 Å². The van der Waals surface area contributed by atoms with Gasteiger partial charge in [-0.3, -0.25) is 19.4 Å². The Bertz CT molecular complexity index is 1340. The monoisotopic (exact) mass is 687 g/mol. The van der Waals surface area contributed by atoms with Gasteiger partial charge in [0.25, 0.3) is 0 Å². The number of likely N-dealkylation sites (N-methyl/N-ethyl adjacent to an activating group) is 1. The van der Waals surface area contributed by atoms with Crippen molar-refractivity contribution in [2.24, 2.45) is 22.4 Å². The second-order valence-electron chi connectivity index (χ2n) is 12.1. The molecule has 0 aliphatic carbocycles. The number of benzene rings is 2. The molecule has 13 nitrogen and oxygen atoms in total. The lowest BCUT2D eigenvalue weighted by atomic mass is 9.95. The molecule has 48 heavy (non-hydrogen) atoms. The van der Waals surface area contributed by atoms with Crippen molar-refractivity contribution in [1.82, 2.24) is 20.9 Å². The van der Waals surface area contributed by atoms with E-state index in [-0.39, 0.29) is 43.8 Å². The van der Waals surface area contributed by atoms with Crippen LogP contribution >= 0.6 is 11.6 Å². The fourth-order valence-electron chi connectivity index (χ4n) is 4.98. The van der Waals surface area contributed by atoms with Crippen molar-refractivity contribution in [2.45, 2.75) is 83.7 Å². The van der Waals surface area contributed by atoms with Crippen LogP contribution in [0.1, 0.15) is 57.6 Å². The fraction of sp³-hybridized carbons (Fsp3) is 0.500. The number of aliphatic imine (C=N–C) groups is 1. The highest BCUT2D eigenvalue weighted by molar-refractivity contribution is 6.30. The molecule has 2 rings (SSSR count). The van der Waals surface area contributed by atoms with Crippen LogP contribution in [0.3, 0.4) is 0 Å². The topological polar surface area (TPSA) is 201 Å². The van der Waals surface area contributed by atoms with Gasteiger partial charge in [0, 0.05) is 25.2 Å². The van der Waals surface area contributed by atoms with E-state index in [1.54, 1.807) is 24.3 Å². The quantitative estimate of drug-likeness (QED) is 0.0734. The van der Waals surface area contributed by atoms with Crippen LogP contribution in [0.2, 0.25) is 5.02 Å². The maximum atomic E-state index is 13.5. The summed E-state index contributed by atoms with van der Waals surface area (Å²) in [6.07, 6.45) is -0.608. The maximum absolute atomic E-state index is 13.5. The van der Waals surface area contributed by atoms with E-state index in [1.807, 2.05) is 44.2 Å². The number of aliphatic hydroxyl groups is 1. The Balaban J connectivity index is 2.01. The highest BCUT2D eigenvalue weighted by Gasteiger charge is 2.33. The van der Waals surface area contributed by atoms with Crippen molar-refractivity contribution in [3.05, 3.63) is 70.7 Å². The van der Waals surface area contributed by atoms with E-state index in [9.17, 15) is 24.3 Å². The molecular weight excluding hydrogens is 638 g/mol. The van der Waals surface area contributed by atoms with Crippen LogP contribution in [0, 0.1) is 5.92 Å². The number of halogens is 1. The van der Waals surface area contributed by atoms with Crippen LogP contribution in [0.25, 0.3) is 0 Å². The molecule has 0 aliphatic rings. The molecule has 0 aliphatic heterocycles. The minimum atomic E-state index is -1.15. The molecule has 8 N–H and O–H groups in total. The number of alkyl carbamates (subject to hydrolysis) is 1. The Morgan fingerprint density at radius 3 is 2.27 bits per heavy atom. The standard InChI is InChI=1S/C34H50ClN7O6/c1-22(2)19-28(29(43)20-30(44)38-18-16-24-12-14-26(35)15-13-24)42(4)32(46)23(3)40-31(45)27(11-8-17-39-33(36)37)41-34(47)48-21-25-9-6-5-7-10-25/h5-7,9-10,12-15,22-23,27-29,43H,8,11,16-21H2,1-4H3,(H,38,44)(H,40,45)(H,41,47)(H4,36,37,39)/t23-,27-,28-,29-/m0/s1. The summed E-state index contributed by atoms with van der Waals surface area (Å²) in [7, 11) is 1.53. The van der Waals surface area contributed by atoms with Crippen molar-refractivity contribution < 1.29 is 29.0 Å². The average Bonchev–Trinajstić information content (AvgIpc) is 3.04. The van der Waals surface area contributed by atoms with Gasteiger partial charge in [-0.15, -0.1) is 0 Å². The molecule has 0 unspecified atom stereocenters. The van der Waals surface area contributed by atoms with Crippen LogP contribution in [0.4, 0.5) is 4.79 Å². The summed E-state index contributed by atoms with van der Waals surface area (Å²) >= 11 is 5.93. The molecule has 0 saturated carbocycles. The Labute approximate surface area is 287 Å². The molecule has 2 aromatic carbocycles. The Kier molecular flexibility index (Phi) is 17.2. The molecule has 0 aromatic heterocycles. The number of carbonyl (C=O) groups excluding carboxylic acids is 4. The summed E-state index contributed by atoms with van der Waals surface area (Å²) in [5.74, 6) is -1.42. The normalized spacial score (nSPS) is 13.4. The van der Waals surface area contributed by atoms with Gasteiger partial charge in [-0.1, -0.05) is 67.9 Å². The van der Waals surface area contributed by atoms with E-state index in [1.165, 1.54) is 18.9 Å². The van der Waals surface area contributed by atoms with Crippen molar-refractivity contribution in [3.63, 3.8) is 0 Å². The SMILES string of the molecule is CC(C)C[C@@H]([C@@H](O)CC(=O)NCCc1ccc(Cl)cc1)N(C)C(=O)[C@H](C)NC(=O)[C@H](CCCN=C(N)N)NC(=O)OCc1ccccc1. The van der Waals surface area contributed by atoms with Crippen LogP contribution in [0.15, 0.2) is 59.6 Å². The van der Waals surface area contributed by atoms with E-state index in [4.69, 9.17) is 27.8 Å². The van der Waals surface area contributed by atoms with Crippen LogP contribution < -0.4 is 27.4 Å². The van der Waals surface area contributed by atoms with Crippen LogP contribution in [0.5, 0.6) is 0 Å². The first kappa shape index (κ1) is 39.8. The highest BCUT2D eigenvalue weighted by atomic mass is 35.5. The molecule has 0 bridgehead atoms. The fourth-order valence-corrected chi connectivity index (χ4v) is 5.10. The lowest BCUT2D eigenvalue weighted by molar-refractivity contribution is -0.140. The molecular formula is C34H50ClN7O6. The molecule has 0 spiro atoms. The number of nitrogens with one attached hydrogen (secondary N) is 3. The summed E-state index contributed by atoms with van der Waals surface area (Å²) in [5.41, 5.74) is 12.6. The smallest absolute Gasteiger partial charge is 0.408 e. The van der Waals surface area contributed by atoms with Gasteiger partial charge in [0.05, 0.1) is 18.6 Å². The third kappa shape index (κ3) is 15.0. The van der Waals surface area contributed by atoms with E-state index < -0.39 is 42.1 Å². The van der Waals surface area contributed by atoms with Crippen molar-refractivity contribution in [3.8, 4) is 0 Å². The highest BCUT2D eigenvalue weighted by Crippen LogP contribution is 2.18. The number of guanidine groups is 1. The molecule has 0 fully saturated rings. The first-order chi connectivity index (χ1) is 22.8. The molecule has 4 atom stereocenters. The molecule has 0 heterocycles. The van der Waals surface area contributed by atoms with Gasteiger partial charge in [-0.25, -0.2) is 4.79 Å². The Morgan fingerprint density at radius 1 is 0.979 bits per heavy atom. The molecule has 4 amide bonds. The molecule has 14 heteroatoms. The first-order valence-electron chi connectivity index (χ1n) is 16.1. The second-order valence-corrected chi connectivity index (χ2v) is 12.5. The summed E-state index contributed by atoms with van der Waals surface area (Å²) in [6.45, 7) is 6.03. The van der Waals surface area contributed by atoms with Crippen molar-refractivity contribution >= 4 is 41.4 Å². The predicted molar refractivity (Wildman–Crippen MR) is 186 cm³/mol. The summed E-state index contributed by atoms with van der Waals surface area (Å²) in [4.78, 5) is 57.4. The summed E-state index contributed by atoms with van der Waals surface area (Å²) < 4.78 is 5.28. The minimum absolute atomic E-state index is 0.00857. The number of hydrogen-bond acceptors (Lipinski definition) is 7. The Morgan fingerprint density at radius 2 is 1.65 bits per heavy atom. The number of rotatable bonds is 19. The van der Waals surface area contributed by atoms with Crippen molar-refractivity contribution in [2.75, 3.05) is 20.1 Å². The van der Waals surface area contributed by atoms with Gasteiger partial charge in [-0.2, -0.15) is 0 Å². The van der Waals surface area contributed by atoms with Gasteiger partial charge in [0.1, 0.15) is 18.7 Å². The number of nitrogens with zero attached hydrogens (tertiary/aromatic N) is 2. The zero-order chi connectivity index (χ0) is 35.6. The second kappa shape index (κ2) is 20.8. The maximum Gasteiger partial charge on any atom is 0.408 e. The van der Waals surface area contributed by atoms with Gasteiger partial charge in [-0.05, 0) is 61.8 Å². The number of hydrogen-bond donors (Lipinski definition) is 6. The Hall–Kier alpha value is -4.36. The van der Waals surface area contributed by atoms with Gasteiger partial charge in [0.15, 0.2) is 5.96 Å².